The number of ether oxygens (including phenoxy) is 3. The van der Waals surface area contributed by atoms with Gasteiger partial charge in [-0.3, -0.25) is 0 Å². The van der Waals surface area contributed by atoms with E-state index in [1.807, 2.05) is 0 Å². The molecule has 1 rings (SSSR count). The number of aliphatic hydroxyl groups is 1. The Morgan fingerprint density at radius 1 is 1.58 bits per heavy atom. The van der Waals surface area contributed by atoms with E-state index in [0.717, 1.165) is 0 Å². The largest absolute Gasteiger partial charge is 0.462 e. The van der Waals surface area contributed by atoms with Gasteiger partial charge < -0.3 is 19.3 Å². The lowest BCUT2D eigenvalue weighted by Crippen LogP contribution is -2.40. The van der Waals surface area contributed by atoms with Gasteiger partial charge in [0.15, 0.2) is 0 Å². The second kappa shape index (κ2) is 4.39. The topological polar surface area (TPSA) is 65.0 Å². The molecule has 0 saturated carbocycles. The van der Waals surface area contributed by atoms with Crippen molar-refractivity contribution in [2.24, 2.45) is 0 Å². The van der Waals surface area contributed by atoms with Gasteiger partial charge in [-0.1, -0.05) is 0 Å². The van der Waals surface area contributed by atoms with Gasteiger partial charge in [-0.15, -0.1) is 0 Å². The summed E-state index contributed by atoms with van der Waals surface area (Å²) in [5, 5.41) is 8.94. The van der Waals surface area contributed by atoms with Crippen molar-refractivity contribution in [3.8, 4) is 0 Å². The summed E-state index contributed by atoms with van der Waals surface area (Å²) in [5.41, 5.74) is 0. The van der Waals surface area contributed by atoms with E-state index in [1.165, 1.54) is 0 Å². The molecule has 0 unspecified atom stereocenters. The third-order valence-electron chi connectivity index (χ3n) is 1.36. The molecule has 12 heavy (non-hydrogen) atoms. The van der Waals surface area contributed by atoms with E-state index in [1.54, 1.807) is 6.92 Å². The highest BCUT2D eigenvalue weighted by Crippen LogP contribution is 2.06. The van der Waals surface area contributed by atoms with E-state index in [9.17, 15) is 4.79 Å². The Morgan fingerprint density at radius 3 is 2.67 bits per heavy atom. The van der Waals surface area contributed by atoms with E-state index in [-0.39, 0.29) is 13.2 Å². The molecule has 1 aliphatic heterocycles. The summed E-state index contributed by atoms with van der Waals surface area (Å²) < 4.78 is 14.4. The zero-order valence-corrected chi connectivity index (χ0v) is 6.86. The normalized spacial score (nSPS) is 29.8. The molecule has 0 aliphatic carbocycles. The molecule has 70 valence electrons. The van der Waals surface area contributed by atoms with Crippen LogP contribution in [0.1, 0.15) is 6.92 Å². The zero-order chi connectivity index (χ0) is 8.97. The predicted octanol–water partition coefficient (Wildman–Crippen LogP) is -0.717. The summed E-state index contributed by atoms with van der Waals surface area (Å²) in [7, 11) is 0. The third-order valence-corrected chi connectivity index (χ3v) is 1.36. The summed E-state index contributed by atoms with van der Waals surface area (Å²) in [6.45, 7) is 2.23. The minimum atomic E-state index is -0.964. The fourth-order valence-electron chi connectivity index (χ4n) is 0.840. The summed E-state index contributed by atoms with van der Waals surface area (Å²) in [5.74, 6) is -0.538. The van der Waals surface area contributed by atoms with Gasteiger partial charge in [-0.2, -0.15) is 0 Å². The predicted molar refractivity (Wildman–Crippen MR) is 38.3 cm³/mol. The molecule has 0 aromatic carbocycles. The maximum atomic E-state index is 11.0. The van der Waals surface area contributed by atoms with Crippen molar-refractivity contribution in [1.82, 2.24) is 0 Å². The minimum absolute atomic E-state index is 0.115. The molecular weight excluding hydrogens is 164 g/mol. The number of hydrogen-bond acceptors (Lipinski definition) is 5. The Kier molecular flexibility index (Phi) is 3.46. The number of aliphatic hydroxyl groups excluding tert-OH is 1. The van der Waals surface area contributed by atoms with Crippen LogP contribution in [0.4, 0.5) is 0 Å². The Labute approximate surface area is 70.2 Å². The molecule has 5 heteroatoms. The summed E-state index contributed by atoms with van der Waals surface area (Å²) in [4.78, 5) is 11.0. The van der Waals surface area contributed by atoms with E-state index in [4.69, 9.17) is 14.6 Å². The maximum Gasteiger partial charge on any atom is 0.363 e. The lowest BCUT2D eigenvalue weighted by molar-refractivity contribution is -0.230. The van der Waals surface area contributed by atoms with Gasteiger partial charge >= 0.3 is 5.97 Å². The van der Waals surface area contributed by atoms with E-state index >= 15 is 0 Å². The Hall–Kier alpha value is -0.650. The van der Waals surface area contributed by atoms with Crippen molar-refractivity contribution in [2.75, 3.05) is 19.8 Å². The molecule has 0 atom stereocenters. The van der Waals surface area contributed by atoms with Crippen LogP contribution in [0.3, 0.4) is 0 Å². The molecule has 0 aromatic heterocycles. The van der Waals surface area contributed by atoms with Crippen molar-refractivity contribution in [2.45, 2.75) is 19.3 Å². The number of rotatable bonds is 2. The Morgan fingerprint density at radius 2 is 2.17 bits per heavy atom. The molecule has 0 amide bonds. The highest BCUT2D eigenvalue weighted by molar-refractivity contribution is 5.73. The number of esters is 1. The first-order valence-electron chi connectivity index (χ1n) is 3.82. The van der Waals surface area contributed by atoms with Crippen LogP contribution in [0.2, 0.25) is 0 Å². The monoisotopic (exact) mass is 176 g/mol. The van der Waals surface area contributed by atoms with Crippen LogP contribution in [0.5, 0.6) is 0 Å². The first kappa shape index (κ1) is 9.44. The lowest BCUT2D eigenvalue weighted by Gasteiger charge is -2.24. The highest BCUT2D eigenvalue weighted by atomic mass is 16.7. The molecule has 1 heterocycles. The maximum absolute atomic E-state index is 11.0. The summed E-state index contributed by atoms with van der Waals surface area (Å²) >= 11 is 0. The van der Waals surface area contributed by atoms with Gasteiger partial charge in [0.2, 0.25) is 0 Å². The molecule has 1 saturated heterocycles. The van der Waals surface area contributed by atoms with Gasteiger partial charge in [0.05, 0.1) is 19.8 Å². The molecule has 0 bridgehead atoms. The average Bonchev–Trinajstić information content (AvgIpc) is 2.06. The van der Waals surface area contributed by atoms with Crippen molar-refractivity contribution in [1.29, 1.82) is 0 Å². The Balaban J connectivity index is 2.29. The fraction of sp³-hybridized carbons (Fsp3) is 0.857. The molecule has 5 nitrogen and oxygen atoms in total. The average molecular weight is 176 g/mol. The van der Waals surface area contributed by atoms with Crippen LogP contribution in [-0.2, 0) is 19.0 Å². The van der Waals surface area contributed by atoms with Gasteiger partial charge in [-0.25, -0.2) is 4.79 Å². The van der Waals surface area contributed by atoms with E-state index in [2.05, 4.69) is 4.74 Å². The molecule has 0 radical (unpaired) electrons. The van der Waals surface area contributed by atoms with Crippen molar-refractivity contribution >= 4 is 5.97 Å². The molecule has 0 aromatic rings. The quantitative estimate of drug-likeness (QED) is 0.563. The summed E-state index contributed by atoms with van der Waals surface area (Å²) in [6, 6.07) is 0. The zero-order valence-electron chi connectivity index (χ0n) is 6.86. The third kappa shape index (κ3) is 2.44. The second-order valence-electron chi connectivity index (χ2n) is 2.40. The van der Waals surface area contributed by atoms with Crippen LogP contribution in [0.15, 0.2) is 0 Å². The van der Waals surface area contributed by atoms with Gasteiger partial charge in [-0.05, 0) is 6.92 Å². The van der Waals surface area contributed by atoms with E-state index < -0.39 is 18.4 Å². The van der Waals surface area contributed by atoms with Gasteiger partial charge in [0.25, 0.3) is 6.29 Å². The molecule has 1 N–H and O–H groups in total. The summed E-state index contributed by atoms with van der Waals surface area (Å²) in [6.07, 6.45) is -1.61. The first-order valence-corrected chi connectivity index (χ1v) is 3.82. The molecular formula is C7H12O5. The van der Waals surface area contributed by atoms with Crippen LogP contribution >= 0.6 is 0 Å². The highest BCUT2D eigenvalue weighted by Gasteiger charge is 2.27. The second-order valence-corrected chi connectivity index (χ2v) is 2.40. The van der Waals surface area contributed by atoms with Crippen LogP contribution < -0.4 is 0 Å². The smallest absolute Gasteiger partial charge is 0.363 e. The number of carbonyl (C=O) groups is 1. The molecule has 1 fully saturated rings. The minimum Gasteiger partial charge on any atom is -0.462 e. The van der Waals surface area contributed by atoms with Crippen molar-refractivity contribution < 1.29 is 24.1 Å². The SMILES string of the molecule is CCOC(=O)C1OCC(O)CO1. The van der Waals surface area contributed by atoms with Crippen LogP contribution in [0, 0.1) is 0 Å². The van der Waals surface area contributed by atoms with Gasteiger partial charge in [0, 0.05) is 0 Å². The van der Waals surface area contributed by atoms with Crippen molar-refractivity contribution in [3.63, 3.8) is 0 Å². The van der Waals surface area contributed by atoms with E-state index in [0.29, 0.717) is 6.61 Å². The van der Waals surface area contributed by atoms with Crippen LogP contribution in [-0.4, -0.2) is 43.3 Å². The van der Waals surface area contributed by atoms with Crippen molar-refractivity contribution in [3.05, 3.63) is 0 Å². The first-order chi connectivity index (χ1) is 5.74. The van der Waals surface area contributed by atoms with Crippen LogP contribution in [0.25, 0.3) is 0 Å². The Bertz CT molecular complexity index is 150. The molecule has 1 aliphatic rings. The number of carbonyl (C=O) groups excluding carboxylic acids is 1. The molecule has 0 spiro atoms. The number of hydrogen-bond donors (Lipinski definition) is 1. The standard InChI is InChI=1S/C7H12O5/c1-2-10-6(9)7-11-3-5(8)4-12-7/h5,7-8H,2-4H2,1H3. The fourth-order valence-corrected chi connectivity index (χ4v) is 0.840. The lowest BCUT2D eigenvalue weighted by atomic mass is 10.4. The van der Waals surface area contributed by atoms with Gasteiger partial charge in [0.1, 0.15) is 6.10 Å².